The van der Waals surface area contributed by atoms with E-state index >= 15 is 0 Å². The van der Waals surface area contributed by atoms with Gasteiger partial charge in [-0.3, -0.25) is 0 Å². The monoisotopic (exact) mass is 576 g/mol. The summed E-state index contributed by atoms with van der Waals surface area (Å²) in [5.74, 6) is 0. The highest BCUT2D eigenvalue weighted by Gasteiger charge is 2.25. The van der Waals surface area contributed by atoms with E-state index < -0.39 is 0 Å². The summed E-state index contributed by atoms with van der Waals surface area (Å²) in [5.41, 5.74) is 10.6. The molecule has 3 heteroatoms. The first-order valence-electron chi connectivity index (χ1n) is 14.1. The molecule has 0 aliphatic rings. The molecule has 0 radical (unpaired) electrons. The molecule has 1 N–H and O–H groups in total. The number of rotatable bonds is 0. The third kappa shape index (κ3) is 3.51. The van der Waals surface area contributed by atoms with Crippen LogP contribution in [0.2, 0.25) is 0 Å². The van der Waals surface area contributed by atoms with Gasteiger partial charge in [-0.25, -0.2) is 0 Å². The molecule has 0 spiro atoms. The van der Waals surface area contributed by atoms with Crippen molar-refractivity contribution in [3.8, 4) is 0 Å². The van der Waals surface area contributed by atoms with Crippen LogP contribution in [0.5, 0.6) is 0 Å². The second-order valence-electron chi connectivity index (χ2n) is 14.7. The van der Waals surface area contributed by atoms with Gasteiger partial charge in [0.1, 0.15) is 0 Å². The molecule has 3 aromatic heterocycles. The predicted molar refractivity (Wildman–Crippen MR) is 174 cm³/mol. The van der Waals surface area contributed by atoms with Crippen molar-refractivity contribution >= 4 is 75.8 Å². The van der Waals surface area contributed by atoms with Gasteiger partial charge in [0.15, 0.2) is 0 Å². The maximum Gasteiger partial charge on any atom is 0.0620 e. The van der Waals surface area contributed by atoms with Crippen LogP contribution in [0, 0.1) is 0 Å². The molecule has 198 valence electrons. The largest absolute Gasteiger partial charge is 0.354 e. The summed E-state index contributed by atoms with van der Waals surface area (Å²) in [6.45, 7) is 20.7. The molecule has 0 saturated heterocycles. The molecule has 0 aliphatic heterocycles. The van der Waals surface area contributed by atoms with Crippen LogP contribution in [0.25, 0.3) is 59.9 Å². The number of hydrogen-bond acceptors (Lipinski definition) is 0. The molecule has 4 aromatic carbocycles. The number of aromatic nitrogens is 2. The zero-order chi connectivity index (χ0) is 27.8. The number of nitrogens with one attached hydrogen (secondary N) is 1. The van der Waals surface area contributed by atoms with Gasteiger partial charge in [0.05, 0.1) is 22.1 Å². The van der Waals surface area contributed by atoms with Crippen molar-refractivity contribution in [2.75, 3.05) is 0 Å². The van der Waals surface area contributed by atoms with Crippen LogP contribution in [-0.2, 0) is 16.2 Å². The van der Waals surface area contributed by atoms with Gasteiger partial charge >= 0.3 is 0 Å². The molecule has 0 unspecified atom stereocenters. The van der Waals surface area contributed by atoms with Crippen molar-refractivity contribution < 1.29 is 0 Å². The maximum atomic E-state index is 3.88. The number of benzene rings is 4. The van der Waals surface area contributed by atoms with Crippen LogP contribution in [0.3, 0.4) is 0 Å². The molecule has 0 aliphatic carbocycles. The van der Waals surface area contributed by atoms with Gasteiger partial charge < -0.3 is 9.38 Å². The fraction of sp³-hybridized carbons (Fsp3) is 0.333. The normalized spacial score (nSPS) is 13.9. The molecule has 0 saturated carbocycles. The first-order valence-corrected chi connectivity index (χ1v) is 14.9. The van der Waals surface area contributed by atoms with E-state index in [4.69, 9.17) is 0 Å². The van der Waals surface area contributed by atoms with Gasteiger partial charge in [-0.2, -0.15) is 0 Å². The van der Waals surface area contributed by atoms with Crippen molar-refractivity contribution in [1.29, 1.82) is 0 Å². The van der Waals surface area contributed by atoms with Gasteiger partial charge in [-0.1, -0.05) is 68.4 Å². The first kappa shape index (κ1) is 25.0. The minimum Gasteiger partial charge on any atom is -0.354 e. The highest BCUT2D eigenvalue weighted by molar-refractivity contribution is 9.10. The molecule has 7 rings (SSSR count). The van der Waals surface area contributed by atoms with Crippen LogP contribution in [-0.4, -0.2) is 9.38 Å². The predicted octanol–water partition coefficient (Wildman–Crippen LogP) is 11.1. The van der Waals surface area contributed by atoms with Gasteiger partial charge in [0.2, 0.25) is 0 Å². The summed E-state index contributed by atoms with van der Waals surface area (Å²) in [5, 5.41) is 7.93. The molecule has 0 amide bonds. The van der Waals surface area contributed by atoms with Crippen LogP contribution in [0.1, 0.15) is 79.0 Å². The van der Waals surface area contributed by atoms with Crippen molar-refractivity contribution in [1.82, 2.24) is 9.38 Å². The SMILES string of the molecule is CC(C)(C)c1cc(Br)c2[nH]c3cc4c5cc(C(C)(C)C)cc6c7cc(C(C)(C)C)ccc7n(c4cc3c2c1)c65. The van der Waals surface area contributed by atoms with E-state index in [1.54, 1.807) is 0 Å². The Labute approximate surface area is 238 Å². The number of hydrogen-bond donors (Lipinski definition) is 1. The summed E-state index contributed by atoms with van der Waals surface area (Å²) in [6.07, 6.45) is 0. The third-order valence-electron chi connectivity index (χ3n) is 8.77. The molecule has 3 heterocycles. The summed E-state index contributed by atoms with van der Waals surface area (Å²) in [4.78, 5) is 3.76. The fourth-order valence-electron chi connectivity index (χ4n) is 6.33. The molecule has 7 aromatic rings. The van der Waals surface area contributed by atoms with Crippen LogP contribution in [0.4, 0.5) is 0 Å². The Hall–Kier alpha value is -3.04. The van der Waals surface area contributed by atoms with E-state index in [0.717, 1.165) is 4.47 Å². The van der Waals surface area contributed by atoms with E-state index in [-0.39, 0.29) is 16.2 Å². The molecule has 0 bridgehead atoms. The lowest BCUT2D eigenvalue weighted by molar-refractivity contribution is 0.590. The Morgan fingerprint density at radius 2 is 1.08 bits per heavy atom. The lowest BCUT2D eigenvalue weighted by Gasteiger charge is -2.20. The quantitative estimate of drug-likeness (QED) is 0.185. The second kappa shape index (κ2) is 7.57. The van der Waals surface area contributed by atoms with Crippen molar-refractivity contribution in [3.63, 3.8) is 0 Å². The van der Waals surface area contributed by atoms with Gasteiger partial charge in [0.25, 0.3) is 0 Å². The van der Waals surface area contributed by atoms with Crippen LogP contribution in [0.15, 0.2) is 59.1 Å². The highest BCUT2D eigenvalue weighted by Crippen LogP contribution is 2.45. The standard InChI is InChI=1S/C36H37BrN2/c1-34(2,3)19-10-11-30-23(12-19)26-14-20(35(4,5)6)15-27-24-17-29-22(18-31(24)39(30)33(26)27)25-13-21(36(7,8)9)16-28(37)32(25)38-29/h10-18,38H,1-9H3. The molecular formula is C36H37BrN2. The zero-order valence-electron chi connectivity index (χ0n) is 24.5. The van der Waals surface area contributed by atoms with E-state index in [1.807, 2.05) is 0 Å². The third-order valence-corrected chi connectivity index (χ3v) is 9.39. The molecule has 39 heavy (non-hydrogen) atoms. The smallest absolute Gasteiger partial charge is 0.0620 e. The number of nitrogens with zero attached hydrogens (tertiary/aromatic N) is 1. The maximum absolute atomic E-state index is 3.88. The summed E-state index contributed by atoms with van der Waals surface area (Å²) >= 11 is 3.88. The lowest BCUT2D eigenvalue weighted by Crippen LogP contribution is -2.11. The fourth-order valence-corrected chi connectivity index (χ4v) is 6.89. The Morgan fingerprint density at radius 1 is 0.538 bits per heavy atom. The molecule has 2 nitrogen and oxygen atoms in total. The van der Waals surface area contributed by atoms with E-state index in [2.05, 4.69) is 142 Å². The van der Waals surface area contributed by atoms with Crippen molar-refractivity contribution in [3.05, 3.63) is 75.8 Å². The minimum atomic E-state index is 0.0585. The average molecular weight is 578 g/mol. The topological polar surface area (TPSA) is 20.2 Å². The number of fused-ring (bicyclic) bond motifs is 9. The number of halogens is 1. The lowest BCUT2D eigenvalue weighted by atomic mass is 9.84. The van der Waals surface area contributed by atoms with E-state index in [9.17, 15) is 0 Å². The first-order chi connectivity index (χ1) is 18.1. The van der Waals surface area contributed by atoms with E-state index in [1.165, 1.54) is 76.6 Å². The highest BCUT2D eigenvalue weighted by atomic mass is 79.9. The Kier molecular flexibility index (Phi) is 4.85. The van der Waals surface area contributed by atoms with E-state index in [0.29, 0.717) is 0 Å². The Balaban J connectivity index is 1.68. The van der Waals surface area contributed by atoms with Gasteiger partial charge in [0, 0.05) is 42.3 Å². The van der Waals surface area contributed by atoms with Crippen LogP contribution >= 0.6 is 15.9 Å². The number of H-pyrrole nitrogens is 1. The van der Waals surface area contributed by atoms with Gasteiger partial charge in [-0.05, 0) is 97.4 Å². The summed E-state index contributed by atoms with van der Waals surface area (Å²) in [7, 11) is 0. The molecular weight excluding hydrogens is 540 g/mol. The van der Waals surface area contributed by atoms with Gasteiger partial charge in [-0.15, -0.1) is 0 Å². The van der Waals surface area contributed by atoms with Crippen LogP contribution < -0.4 is 0 Å². The second-order valence-corrected chi connectivity index (χ2v) is 15.5. The molecule has 0 atom stereocenters. The Morgan fingerprint density at radius 3 is 1.69 bits per heavy atom. The molecule has 0 fully saturated rings. The van der Waals surface area contributed by atoms with Crippen molar-refractivity contribution in [2.24, 2.45) is 0 Å². The Bertz CT molecular complexity index is 2110. The summed E-state index contributed by atoms with van der Waals surface area (Å²) in [6, 6.07) is 21.5. The average Bonchev–Trinajstić information content (AvgIpc) is 3.46. The number of aromatic amines is 1. The summed E-state index contributed by atoms with van der Waals surface area (Å²) < 4.78 is 3.65. The minimum absolute atomic E-state index is 0.0585. The zero-order valence-corrected chi connectivity index (χ0v) is 26.1. The van der Waals surface area contributed by atoms with Crippen molar-refractivity contribution in [2.45, 2.75) is 78.6 Å².